The molecular formula is C12H10O4. The SMILES string of the molecule is O=CC1=CCC(c2cccc(C(=O)O)c2)O1. The van der Waals surface area contributed by atoms with Crippen molar-refractivity contribution < 1.29 is 19.4 Å². The van der Waals surface area contributed by atoms with Crippen LogP contribution < -0.4 is 0 Å². The lowest BCUT2D eigenvalue weighted by molar-refractivity contribution is -0.108. The maximum atomic E-state index is 10.8. The van der Waals surface area contributed by atoms with Crippen LogP contribution in [0.2, 0.25) is 0 Å². The summed E-state index contributed by atoms with van der Waals surface area (Å²) in [5.74, 6) is -0.658. The Morgan fingerprint density at radius 1 is 1.50 bits per heavy atom. The van der Waals surface area contributed by atoms with Gasteiger partial charge in [0.15, 0.2) is 12.0 Å². The molecule has 0 fully saturated rings. The summed E-state index contributed by atoms with van der Waals surface area (Å²) in [6.07, 6.45) is 2.70. The number of aldehydes is 1. The van der Waals surface area contributed by atoms with E-state index >= 15 is 0 Å². The van der Waals surface area contributed by atoms with Gasteiger partial charge in [-0.1, -0.05) is 12.1 Å². The number of benzene rings is 1. The van der Waals surface area contributed by atoms with Crippen molar-refractivity contribution in [2.45, 2.75) is 12.5 Å². The number of carboxylic acid groups (broad SMARTS) is 1. The quantitative estimate of drug-likeness (QED) is 0.787. The molecule has 82 valence electrons. The minimum Gasteiger partial charge on any atom is -0.482 e. The van der Waals surface area contributed by atoms with Crippen LogP contribution in [0, 0.1) is 0 Å². The first kappa shape index (κ1) is 10.4. The molecule has 16 heavy (non-hydrogen) atoms. The molecule has 0 aromatic heterocycles. The van der Waals surface area contributed by atoms with E-state index in [4.69, 9.17) is 9.84 Å². The fourth-order valence-corrected chi connectivity index (χ4v) is 1.64. The highest BCUT2D eigenvalue weighted by Crippen LogP contribution is 2.30. The molecule has 4 nitrogen and oxygen atoms in total. The number of allylic oxidation sites excluding steroid dienone is 1. The van der Waals surface area contributed by atoms with Gasteiger partial charge in [0.05, 0.1) is 5.56 Å². The van der Waals surface area contributed by atoms with E-state index in [0.29, 0.717) is 18.5 Å². The molecule has 1 aromatic carbocycles. The Bertz CT molecular complexity index is 462. The molecule has 1 aromatic rings. The van der Waals surface area contributed by atoms with Gasteiger partial charge in [0.2, 0.25) is 0 Å². The van der Waals surface area contributed by atoms with Gasteiger partial charge in [-0.05, 0) is 23.8 Å². The zero-order valence-corrected chi connectivity index (χ0v) is 8.42. The summed E-state index contributed by atoms with van der Waals surface area (Å²) in [5, 5.41) is 8.84. The standard InChI is InChI=1S/C12H10O4/c13-7-10-4-5-11(16-10)8-2-1-3-9(6-8)12(14)15/h1-4,6-7,11H,5H2,(H,14,15). The van der Waals surface area contributed by atoms with Gasteiger partial charge in [0, 0.05) is 6.42 Å². The Labute approximate surface area is 92.2 Å². The molecule has 0 bridgehead atoms. The summed E-state index contributed by atoms with van der Waals surface area (Å²) in [5.41, 5.74) is 0.994. The van der Waals surface area contributed by atoms with Crippen molar-refractivity contribution in [3.05, 3.63) is 47.2 Å². The van der Waals surface area contributed by atoms with E-state index in [1.807, 2.05) is 0 Å². The number of hydrogen-bond donors (Lipinski definition) is 1. The Morgan fingerprint density at radius 2 is 2.31 bits per heavy atom. The first-order chi connectivity index (χ1) is 7.70. The zero-order chi connectivity index (χ0) is 11.5. The Morgan fingerprint density at radius 3 is 2.94 bits per heavy atom. The highest BCUT2D eigenvalue weighted by molar-refractivity contribution is 5.87. The maximum Gasteiger partial charge on any atom is 0.335 e. The molecule has 1 aliphatic rings. The molecule has 1 atom stereocenters. The molecule has 4 heteroatoms. The van der Waals surface area contributed by atoms with Gasteiger partial charge in [0.1, 0.15) is 6.10 Å². The third-order valence-electron chi connectivity index (χ3n) is 2.43. The summed E-state index contributed by atoms with van der Waals surface area (Å²) < 4.78 is 5.33. The van der Waals surface area contributed by atoms with Crippen molar-refractivity contribution in [3.63, 3.8) is 0 Å². The van der Waals surface area contributed by atoms with Gasteiger partial charge in [-0.3, -0.25) is 4.79 Å². The highest BCUT2D eigenvalue weighted by Gasteiger charge is 2.20. The summed E-state index contributed by atoms with van der Waals surface area (Å²) in [7, 11) is 0. The van der Waals surface area contributed by atoms with Gasteiger partial charge >= 0.3 is 5.97 Å². The van der Waals surface area contributed by atoms with E-state index in [2.05, 4.69) is 0 Å². The Hall–Kier alpha value is -2.10. The van der Waals surface area contributed by atoms with Gasteiger partial charge in [0.25, 0.3) is 0 Å². The van der Waals surface area contributed by atoms with Gasteiger partial charge in [-0.2, -0.15) is 0 Å². The first-order valence-electron chi connectivity index (χ1n) is 4.86. The summed E-state index contributed by atoms with van der Waals surface area (Å²) in [4.78, 5) is 21.3. The van der Waals surface area contributed by atoms with Crippen LogP contribution in [0.25, 0.3) is 0 Å². The molecule has 0 saturated carbocycles. The molecule has 0 radical (unpaired) electrons. The maximum absolute atomic E-state index is 10.8. The van der Waals surface area contributed by atoms with Gasteiger partial charge < -0.3 is 9.84 Å². The molecule has 0 spiro atoms. The number of aromatic carboxylic acids is 1. The molecule has 1 aliphatic heterocycles. The normalized spacial score (nSPS) is 18.8. The Kier molecular flexibility index (Phi) is 2.72. The minimum atomic E-state index is -0.969. The van der Waals surface area contributed by atoms with Crippen molar-refractivity contribution in [2.24, 2.45) is 0 Å². The molecule has 0 saturated heterocycles. The van der Waals surface area contributed by atoms with Crippen LogP contribution >= 0.6 is 0 Å². The first-order valence-corrected chi connectivity index (χ1v) is 4.86. The minimum absolute atomic E-state index is 0.223. The van der Waals surface area contributed by atoms with Crippen LogP contribution in [0.4, 0.5) is 0 Å². The largest absolute Gasteiger partial charge is 0.482 e. The summed E-state index contributed by atoms with van der Waals surface area (Å²) >= 11 is 0. The predicted octanol–water partition coefficient (Wildman–Crippen LogP) is 1.93. The van der Waals surface area contributed by atoms with Crippen LogP contribution in [0.1, 0.15) is 28.4 Å². The number of ether oxygens (including phenoxy) is 1. The number of carbonyl (C=O) groups excluding carboxylic acids is 1. The average molecular weight is 218 g/mol. The van der Waals surface area contributed by atoms with E-state index in [9.17, 15) is 9.59 Å². The molecule has 1 unspecified atom stereocenters. The van der Waals surface area contributed by atoms with Crippen LogP contribution in [-0.2, 0) is 9.53 Å². The monoisotopic (exact) mass is 218 g/mol. The second kappa shape index (κ2) is 4.18. The molecule has 2 rings (SSSR count). The van der Waals surface area contributed by atoms with E-state index in [1.54, 1.807) is 24.3 Å². The van der Waals surface area contributed by atoms with Crippen molar-refractivity contribution in [2.75, 3.05) is 0 Å². The lowest BCUT2D eigenvalue weighted by Gasteiger charge is -2.12. The number of carbonyl (C=O) groups is 2. The second-order valence-electron chi connectivity index (χ2n) is 3.50. The average Bonchev–Trinajstić information content (AvgIpc) is 2.77. The number of carboxylic acids is 1. The molecule has 0 amide bonds. The van der Waals surface area contributed by atoms with Crippen molar-refractivity contribution in [3.8, 4) is 0 Å². The van der Waals surface area contributed by atoms with E-state index in [-0.39, 0.29) is 11.7 Å². The highest BCUT2D eigenvalue weighted by atomic mass is 16.5. The third kappa shape index (κ3) is 1.95. The predicted molar refractivity (Wildman–Crippen MR) is 56.0 cm³/mol. The number of rotatable bonds is 3. The fourth-order valence-electron chi connectivity index (χ4n) is 1.64. The van der Waals surface area contributed by atoms with Crippen LogP contribution in [0.5, 0.6) is 0 Å². The van der Waals surface area contributed by atoms with Crippen LogP contribution in [0.3, 0.4) is 0 Å². The van der Waals surface area contributed by atoms with Crippen molar-refractivity contribution >= 4 is 12.3 Å². The molecule has 1 N–H and O–H groups in total. The van der Waals surface area contributed by atoms with Gasteiger partial charge in [-0.25, -0.2) is 4.79 Å². The topological polar surface area (TPSA) is 63.6 Å². The molecular weight excluding hydrogens is 208 g/mol. The fraction of sp³-hybridized carbons (Fsp3) is 0.167. The lowest BCUT2D eigenvalue weighted by Crippen LogP contribution is -2.01. The molecule has 1 heterocycles. The molecule has 0 aliphatic carbocycles. The number of hydrogen-bond acceptors (Lipinski definition) is 3. The summed E-state index contributed by atoms with van der Waals surface area (Å²) in [6, 6.07) is 6.54. The smallest absolute Gasteiger partial charge is 0.335 e. The zero-order valence-electron chi connectivity index (χ0n) is 8.42. The van der Waals surface area contributed by atoms with Gasteiger partial charge in [-0.15, -0.1) is 0 Å². The van der Waals surface area contributed by atoms with Crippen LogP contribution in [0.15, 0.2) is 36.1 Å². The van der Waals surface area contributed by atoms with E-state index < -0.39 is 5.97 Å². The van der Waals surface area contributed by atoms with Crippen LogP contribution in [-0.4, -0.2) is 17.4 Å². The van der Waals surface area contributed by atoms with E-state index in [1.165, 1.54) is 6.07 Å². The van der Waals surface area contributed by atoms with Crippen molar-refractivity contribution in [1.29, 1.82) is 0 Å². The van der Waals surface area contributed by atoms with Crippen molar-refractivity contribution in [1.82, 2.24) is 0 Å². The van der Waals surface area contributed by atoms with E-state index in [0.717, 1.165) is 5.56 Å². The lowest BCUT2D eigenvalue weighted by atomic mass is 10.0. The second-order valence-corrected chi connectivity index (χ2v) is 3.50. The Balaban J connectivity index is 2.20. The summed E-state index contributed by atoms with van der Waals surface area (Å²) in [6.45, 7) is 0. The third-order valence-corrected chi connectivity index (χ3v) is 2.43.